The van der Waals surface area contributed by atoms with Crippen LogP contribution in [0.15, 0.2) is 24.3 Å². The zero-order chi connectivity index (χ0) is 13.8. The number of hydrogen-bond donors (Lipinski definition) is 2. The number of carboxylic acids is 1. The Hall–Kier alpha value is -2.07. The van der Waals surface area contributed by atoms with Gasteiger partial charge < -0.3 is 5.11 Å². The minimum atomic E-state index is -3.71. The van der Waals surface area contributed by atoms with Crippen LogP contribution in [-0.2, 0) is 14.8 Å². The van der Waals surface area contributed by atoms with Gasteiger partial charge in [0.2, 0.25) is 10.0 Å². The number of sulfonamides is 1. The number of benzene rings is 1. The summed E-state index contributed by atoms with van der Waals surface area (Å²) in [5.41, 5.74) is 0.712. The van der Waals surface area contributed by atoms with Gasteiger partial charge in [0.1, 0.15) is 0 Å². The lowest BCUT2D eigenvalue weighted by molar-refractivity contribution is -0.140. The largest absolute Gasteiger partial charge is 0.481 e. The van der Waals surface area contributed by atoms with Crippen molar-refractivity contribution in [1.82, 2.24) is 0 Å². The summed E-state index contributed by atoms with van der Waals surface area (Å²) >= 11 is 0. The van der Waals surface area contributed by atoms with Crippen molar-refractivity contribution in [3.63, 3.8) is 0 Å². The molecule has 1 unspecified atom stereocenters. The highest BCUT2D eigenvalue weighted by Gasteiger charge is 2.20. The highest BCUT2D eigenvalue weighted by Crippen LogP contribution is 2.12. The maximum atomic E-state index is 11.6. The summed E-state index contributed by atoms with van der Waals surface area (Å²) < 4.78 is 25.5. The molecule has 0 aliphatic heterocycles. The number of nitrogens with one attached hydrogen (secondary N) is 1. The molecule has 0 aliphatic carbocycles. The molecule has 0 radical (unpaired) electrons. The lowest BCUT2D eigenvalue weighted by Gasteiger charge is -2.10. The van der Waals surface area contributed by atoms with Crippen LogP contribution in [-0.4, -0.2) is 25.2 Å². The Kier molecular flexibility index (Phi) is 4.28. The van der Waals surface area contributed by atoms with Crippen molar-refractivity contribution in [1.29, 1.82) is 5.26 Å². The van der Waals surface area contributed by atoms with Crippen LogP contribution in [0, 0.1) is 17.2 Å². The molecule has 0 amide bonds. The average Bonchev–Trinajstić information content (AvgIpc) is 2.28. The molecular weight excluding hydrogens is 256 g/mol. The van der Waals surface area contributed by atoms with E-state index in [2.05, 4.69) is 4.72 Å². The molecule has 1 aromatic rings. The topological polar surface area (TPSA) is 107 Å². The Balaban J connectivity index is 2.76. The van der Waals surface area contributed by atoms with Crippen LogP contribution < -0.4 is 4.72 Å². The van der Waals surface area contributed by atoms with E-state index >= 15 is 0 Å². The number of nitriles is 1. The van der Waals surface area contributed by atoms with E-state index in [0.29, 0.717) is 11.3 Å². The minimum Gasteiger partial charge on any atom is -0.481 e. The van der Waals surface area contributed by atoms with Crippen LogP contribution in [0.5, 0.6) is 0 Å². The Bertz CT molecular complexity index is 572. The molecule has 0 saturated carbocycles. The molecule has 0 aromatic heterocycles. The van der Waals surface area contributed by atoms with Gasteiger partial charge in [0.15, 0.2) is 0 Å². The van der Waals surface area contributed by atoms with E-state index in [1.165, 1.54) is 31.2 Å². The number of nitrogens with zero attached hydrogens (tertiary/aromatic N) is 1. The lowest BCUT2D eigenvalue weighted by atomic mass is 10.2. The van der Waals surface area contributed by atoms with Crippen LogP contribution in [0.1, 0.15) is 12.5 Å². The summed E-state index contributed by atoms with van der Waals surface area (Å²) in [5.74, 6) is -2.65. The first-order valence-corrected chi connectivity index (χ1v) is 6.73. The highest BCUT2D eigenvalue weighted by atomic mass is 32.2. The van der Waals surface area contributed by atoms with Crippen molar-refractivity contribution < 1.29 is 18.3 Å². The van der Waals surface area contributed by atoms with Gasteiger partial charge in [-0.15, -0.1) is 0 Å². The maximum absolute atomic E-state index is 11.6. The molecule has 0 heterocycles. The molecule has 1 rings (SSSR count). The molecule has 18 heavy (non-hydrogen) atoms. The van der Waals surface area contributed by atoms with Gasteiger partial charge in [0.05, 0.1) is 23.3 Å². The van der Waals surface area contributed by atoms with Crippen LogP contribution in [0.2, 0.25) is 0 Å². The standard InChI is InChI=1S/C11H12N2O4S/c1-8(11(14)15)7-18(16,17)13-10-4-2-9(6-12)3-5-10/h2-5,8,13H,7H2,1H3,(H,14,15). The third-order valence-corrected chi connectivity index (χ3v) is 3.66. The van der Waals surface area contributed by atoms with Crippen molar-refractivity contribution in [2.75, 3.05) is 10.5 Å². The van der Waals surface area contributed by atoms with E-state index < -0.39 is 27.7 Å². The van der Waals surface area contributed by atoms with E-state index in [-0.39, 0.29) is 0 Å². The summed E-state index contributed by atoms with van der Waals surface area (Å²) in [6.45, 7) is 1.32. The molecule has 0 bridgehead atoms. The minimum absolute atomic E-state index is 0.298. The normalized spacial score (nSPS) is 12.4. The van der Waals surface area contributed by atoms with Gasteiger partial charge in [-0.3, -0.25) is 9.52 Å². The molecule has 0 fully saturated rings. The first-order chi connectivity index (χ1) is 8.34. The molecular formula is C11H12N2O4S. The number of anilines is 1. The number of hydrogen-bond acceptors (Lipinski definition) is 4. The summed E-state index contributed by atoms with van der Waals surface area (Å²) in [6.07, 6.45) is 0. The van der Waals surface area contributed by atoms with Crippen molar-refractivity contribution in [3.8, 4) is 6.07 Å². The van der Waals surface area contributed by atoms with E-state index in [1.807, 2.05) is 6.07 Å². The molecule has 0 saturated heterocycles. The van der Waals surface area contributed by atoms with Gasteiger partial charge in [-0.25, -0.2) is 8.42 Å². The third-order valence-electron chi connectivity index (χ3n) is 2.18. The van der Waals surface area contributed by atoms with Crippen molar-refractivity contribution >= 4 is 21.7 Å². The second-order valence-corrected chi connectivity index (χ2v) is 5.58. The van der Waals surface area contributed by atoms with Crippen LogP contribution >= 0.6 is 0 Å². The number of carboxylic acid groups (broad SMARTS) is 1. The fourth-order valence-corrected chi connectivity index (χ4v) is 2.61. The van der Waals surface area contributed by atoms with Gasteiger partial charge >= 0.3 is 5.97 Å². The second-order valence-electron chi connectivity index (χ2n) is 3.81. The van der Waals surface area contributed by atoms with Crippen LogP contribution in [0.3, 0.4) is 0 Å². The average molecular weight is 268 g/mol. The Morgan fingerprint density at radius 1 is 1.44 bits per heavy atom. The fourth-order valence-electron chi connectivity index (χ4n) is 1.23. The molecule has 1 atom stereocenters. The van der Waals surface area contributed by atoms with Crippen molar-refractivity contribution in [3.05, 3.63) is 29.8 Å². The van der Waals surface area contributed by atoms with Crippen molar-refractivity contribution in [2.45, 2.75) is 6.92 Å². The summed E-state index contributed by atoms with van der Waals surface area (Å²) in [5, 5.41) is 17.2. The number of carbonyl (C=O) groups is 1. The predicted octanol–water partition coefficient (Wildman–Crippen LogP) is 1.02. The SMILES string of the molecule is CC(CS(=O)(=O)Nc1ccc(C#N)cc1)C(=O)O. The molecule has 6 nitrogen and oxygen atoms in total. The smallest absolute Gasteiger partial charge is 0.307 e. The van der Waals surface area contributed by atoms with E-state index in [9.17, 15) is 13.2 Å². The third kappa shape index (κ3) is 4.07. The molecule has 0 aliphatic rings. The zero-order valence-corrected chi connectivity index (χ0v) is 10.4. The quantitative estimate of drug-likeness (QED) is 0.829. The van der Waals surface area contributed by atoms with Crippen LogP contribution in [0.4, 0.5) is 5.69 Å². The monoisotopic (exact) mass is 268 g/mol. The summed E-state index contributed by atoms with van der Waals surface area (Å²) in [4.78, 5) is 10.6. The maximum Gasteiger partial charge on any atom is 0.307 e. The summed E-state index contributed by atoms with van der Waals surface area (Å²) in [7, 11) is -3.71. The van der Waals surface area contributed by atoms with E-state index in [1.54, 1.807) is 0 Å². The highest BCUT2D eigenvalue weighted by molar-refractivity contribution is 7.92. The van der Waals surface area contributed by atoms with Gasteiger partial charge in [0.25, 0.3) is 0 Å². The summed E-state index contributed by atoms with van der Waals surface area (Å²) in [6, 6.07) is 7.74. The van der Waals surface area contributed by atoms with Crippen LogP contribution in [0.25, 0.3) is 0 Å². The van der Waals surface area contributed by atoms with Gasteiger partial charge in [-0.05, 0) is 24.3 Å². The first-order valence-electron chi connectivity index (χ1n) is 5.07. The van der Waals surface area contributed by atoms with E-state index in [4.69, 9.17) is 10.4 Å². The number of aliphatic carboxylic acids is 1. The molecule has 1 aromatic carbocycles. The van der Waals surface area contributed by atoms with E-state index in [0.717, 1.165) is 0 Å². The Morgan fingerprint density at radius 2 is 2.00 bits per heavy atom. The van der Waals surface area contributed by atoms with Gasteiger partial charge in [-0.1, -0.05) is 6.92 Å². The first kappa shape index (κ1) is 14.0. The Labute approximate surface area is 105 Å². The molecule has 7 heteroatoms. The molecule has 96 valence electrons. The zero-order valence-electron chi connectivity index (χ0n) is 9.62. The van der Waals surface area contributed by atoms with Gasteiger partial charge in [0, 0.05) is 5.69 Å². The second kappa shape index (κ2) is 5.51. The van der Waals surface area contributed by atoms with Crippen molar-refractivity contribution in [2.24, 2.45) is 5.92 Å². The predicted molar refractivity (Wildman–Crippen MR) is 65.4 cm³/mol. The van der Waals surface area contributed by atoms with Gasteiger partial charge in [-0.2, -0.15) is 5.26 Å². The number of rotatable bonds is 5. The Morgan fingerprint density at radius 3 is 2.44 bits per heavy atom. The molecule has 0 spiro atoms. The lowest BCUT2D eigenvalue weighted by Crippen LogP contribution is -2.25. The fraction of sp³-hybridized carbons (Fsp3) is 0.273. The molecule has 2 N–H and O–H groups in total.